The van der Waals surface area contributed by atoms with E-state index in [4.69, 9.17) is 34.5 Å². The van der Waals surface area contributed by atoms with Crippen LogP contribution in [0.1, 0.15) is 13.3 Å². The smallest absolute Gasteiger partial charge is 0.462 e. The second-order valence-electron chi connectivity index (χ2n) is 9.50. The first kappa shape index (κ1) is 32.0. The van der Waals surface area contributed by atoms with Crippen molar-refractivity contribution in [2.24, 2.45) is 0 Å². The summed E-state index contributed by atoms with van der Waals surface area (Å²) >= 11 is 0. The van der Waals surface area contributed by atoms with Crippen molar-refractivity contribution in [2.45, 2.75) is 71.8 Å². The van der Waals surface area contributed by atoms with Gasteiger partial charge in [-0.1, -0.05) is 6.58 Å². The average Bonchev–Trinajstić information content (AvgIpc) is 2.60. The van der Waals surface area contributed by atoms with Crippen molar-refractivity contribution < 1.29 is 39.3 Å². The second-order valence-corrected chi connectivity index (χ2v) is 27.4. The Kier molecular flexibility index (Phi) is 12.6. The fourth-order valence-electron chi connectivity index (χ4n) is 3.42. The maximum atomic E-state index is 11.5. The van der Waals surface area contributed by atoms with E-state index in [0.717, 1.165) is 12.5 Å². The molecule has 0 aliphatic rings. The Morgan fingerprint density at radius 1 is 0.719 bits per heavy atom. The normalized spacial score (nSPS) is 13.9. The standard InChI is InChI=1S/C18H44O9Si5/c1-17(2)18(19)23-15-14-16-28(6,7)24-29(8,9)25-30(10,11)26-31(12,13)27-32(20-3,21-4)22-5/h1,14-16H2,2-13H3. The van der Waals surface area contributed by atoms with Gasteiger partial charge in [-0.3, -0.25) is 0 Å². The molecule has 0 atom stereocenters. The van der Waals surface area contributed by atoms with Crippen LogP contribution in [0.4, 0.5) is 0 Å². The molecule has 0 aromatic rings. The van der Waals surface area contributed by atoms with E-state index in [1.54, 1.807) is 6.92 Å². The lowest BCUT2D eigenvalue weighted by Crippen LogP contribution is -2.61. The average molecular weight is 545 g/mol. The van der Waals surface area contributed by atoms with Crippen molar-refractivity contribution >= 4 is 49.0 Å². The van der Waals surface area contributed by atoms with Crippen molar-refractivity contribution in [1.29, 1.82) is 0 Å². The number of hydrogen-bond acceptors (Lipinski definition) is 9. The molecule has 0 aromatic carbocycles. The van der Waals surface area contributed by atoms with Crippen molar-refractivity contribution in [1.82, 2.24) is 0 Å². The lowest BCUT2D eigenvalue weighted by molar-refractivity contribution is -0.138. The van der Waals surface area contributed by atoms with Gasteiger partial charge in [-0.15, -0.1) is 0 Å². The zero-order chi connectivity index (χ0) is 25.4. The molecule has 9 nitrogen and oxygen atoms in total. The van der Waals surface area contributed by atoms with Crippen LogP contribution < -0.4 is 0 Å². The van der Waals surface area contributed by atoms with Crippen LogP contribution in [0.5, 0.6) is 0 Å². The first-order valence-corrected chi connectivity index (χ1v) is 23.8. The van der Waals surface area contributed by atoms with Crippen LogP contribution in [-0.2, 0) is 39.3 Å². The molecule has 0 amide bonds. The molecule has 0 aliphatic heterocycles. The lowest BCUT2D eigenvalue weighted by Gasteiger charge is -2.41. The molecule has 0 aromatic heterocycles. The van der Waals surface area contributed by atoms with E-state index in [9.17, 15) is 4.79 Å². The molecule has 0 spiro atoms. The number of carbonyl (C=O) groups is 1. The Morgan fingerprint density at radius 3 is 1.53 bits per heavy atom. The van der Waals surface area contributed by atoms with Crippen molar-refractivity contribution in [3.05, 3.63) is 12.2 Å². The number of ether oxygens (including phenoxy) is 1. The molecule has 190 valence electrons. The first-order chi connectivity index (χ1) is 14.3. The quantitative estimate of drug-likeness (QED) is 0.122. The maximum Gasteiger partial charge on any atom is 0.669 e. The minimum Gasteiger partial charge on any atom is -0.462 e. The van der Waals surface area contributed by atoms with Gasteiger partial charge >= 0.3 is 40.7 Å². The molecule has 0 rings (SSSR count). The number of hydrogen-bond donors (Lipinski definition) is 0. The highest BCUT2D eigenvalue weighted by Gasteiger charge is 2.51. The Labute approximate surface area is 200 Å². The third-order valence-electron chi connectivity index (χ3n) is 4.13. The summed E-state index contributed by atoms with van der Waals surface area (Å²) in [5, 5.41) is 0. The molecule has 0 radical (unpaired) electrons. The van der Waals surface area contributed by atoms with Crippen molar-refractivity contribution in [3.8, 4) is 0 Å². The fourth-order valence-corrected chi connectivity index (χ4v) is 25.2. The Balaban J connectivity index is 4.96. The van der Waals surface area contributed by atoms with Crippen LogP contribution in [-0.4, -0.2) is 77.0 Å². The molecule has 0 heterocycles. The summed E-state index contributed by atoms with van der Waals surface area (Å²) in [5.74, 6) is -0.357. The van der Waals surface area contributed by atoms with Crippen LogP contribution >= 0.6 is 0 Å². The third kappa shape index (κ3) is 12.5. The van der Waals surface area contributed by atoms with Crippen LogP contribution in [0, 0.1) is 0 Å². The lowest BCUT2D eigenvalue weighted by atomic mass is 10.4. The Hall–Kier alpha value is 0.0144. The van der Waals surface area contributed by atoms with Gasteiger partial charge in [-0.25, -0.2) is 4.79 Å². The number of rotatable bonds is 16. The molecule has 0 N–H and O–H groups in total. The summed E-state index contributed by atoms with van der Waals surface area (Å²) in [6.45, 7) is 21.8. The van der Waals surface area contributed by atoms with E-state index in [1.807, 2.05) is 39.3 Å². The summed E-state index contributed by atoms with van der Waals surface area (Å²) in [6.07, 6.45) is 0.742. The summed E-state index contributed by atoms with van der Waals surface area (Å²) in [5.41, 5.74) is 0.406. The molecular formula is C18H44O9Si5. The van der Waals surface area contributed by atoms with Gasteiger partial charge < -0.3 is 34.5 Å². The van der Waals surface area contributed by atoms with Crippen molar-refractivity contribution in [2.75, 3.05) is 27.9 Å². The predicted molar refractivity (Wildman–Crippen MR) is 136 cm³/mol. The highest BCUT2D eigenvalue weighted by Crippen LogP contribution is 2.27. The molecule has 0 aliphatic carbocycles. The van der Waals surface area contributed by atoms with Gasteiger partial charge in [0.25, 0.3) is 0 Å². The minimum absolute atomic E-state index is 0.357. The van der Waals surface area contributed by atoms with E-state index in [-0.39, 0.29) is 5.97 Å². The van der Waals surface area contributed by atoms with Gasteiger partial charge in [-0.05, 0) is 71.8 Å². The van der Waals surface area contributed by atoms with Gasteiger partial charge in [0.1, 0.15) is 0 Å². The Morgan fingerprint density at radius 2 is 1.12 bits per heavy atom. The molecule has 14 heteroatoms. The van der Waals surface area contributed by atoms with Gasteiger partial charge in [0.05, 0.1) is 6.61 Å². The predicted octanol–water partition coefficient (Wildman–Crippen LogP) is 4.25. The zero-order valence-electron chi connectivity index (χ0n) is 22.0. The van der Waals surface area contributed by atoms with E-state index in [1.165, 1.54) is 21.3 Å². The fraction of sp³-hybridized carbons (Fsp3) is 0.833. The molecule has 0 fully saturated rings. The van der Waals surface area contributed by atoms with Gasteiger partial charge in [0.15, 0.2) is 8.32 Å². The van der Waals surface area contributed by atoms with Crippen LogP contribution in [0.2, 0.25) is 58.4 Å². The number of esters is 1. The molecule has 32 heavy (non-hydrogen) atoms. The van der Waals surface area contributed by atoms with Crippen LogP contribution in [0.3, 0.4) is 0 Å². The van der Waals surface area contributed by atoms with Crippen LogP contribution in [0.25, 0.3) is 0 Å². The second kappa shape index (κ2) is 12.6. The molecule has 0 unspecified atom stereocenters. The summed E-state index contributed by atoms with van der Waals surface area (Å²) in [7, 11) is -8.57. The molecule has 0 saturated carbocycles. The minimum atomic E-state index is -3.23. The molecular weight excluding hydrogens is 501 g/mol. The summed E-state index contributed by atoms with van der Waals surface area (Å²) in [6, 6.07) is 0.853. The van der Waals surface area contributed by atoms with E-state index >= 15 is 0 Å². The zero-order valence-corrected chi connectivity index (χ0v) is 27.0. The maximum absolute atomic E-state index is 11.5. The SMILES string of the molecule is C=C(C)C(=O)OCCC[Si](C)(C)O[Si](C)(C)O[Si](C)(C)O[Si](C)(C)O[Si](OC)(OC)OC. The van der Waals surface area contributed by atoms with Gasteiger partial charge in [0, 0.05) is 26.9 Å². The number of carbonyl (C=O) groups excluding carboxylic acids is 1. The van der Waals surface area contributed by atoms with Gasteiger partial charge in [-0.2, -0.15) is 0 Å². The van der Waals surface area contributed by atoms with E-state index in [0.29, 0.717) is 12.2 Å². The first-order valence-electron chi connectivity index (χ1n) is 10.6. The molecule has 0 bridgehead atoms. The van der Waals surface area contributed by atoms with Crippen LogP contribution in [0.15, 0.2) is 12.2 Å². The largest absolute Gasteiger partial charge is 0.669 e. The summed E-state index contributed by atoms with van der Waals surface area (Å²) in [4.78, 5) is 11.5. The Bertz CT molecular complexity index is 614. The topological polar surface area (TPSA) is 90.9 Å². The van der Waals surface area contributed by atoms with E-state index in [2.05, 4.69) is 19.7 Å². The highest BCUT2D eigenvalue weighted by molar-refractivity contribution is 6.89. The highest BCUT2D eigenvalue weighted by atomic mass is 28.5. The summed E-state index contributed by atoms with van der Waals surface area (Å²) < 4.78 is 46.9. The molecule has 0 saturated heterocycles. The third-order valence-corrected chi connectivity index (χ3v) is 22.2. The van der Waals surface area contributed by atoms with Gasteiger partial charge in [0.2, 0.25) is 0 Å². The van der Waals surface area contributed by atoms with E-state index < -0.39 is 43.0 Å². The van der Waals surface area contributed by atoms with Crippen molar-refractivity contribution in [3.63, 3.8) is 0 Å². The monoisotopic (exact) mass is 544 g/mol.